The van der Waals surface area contributed by atoms with Gasteiger partial charge in [-0.1, -0.05) is 127 Å². The van der Waals surface area contributed by atoms with Crippen LogP contribution in [0.3, 0.4) is 0 Å². The smallest absolute Gasteiger partial charge is 0.238 e. The number of hydrogen-bond donors (Lipinski definition) is 0. The molecule has 12 aromatic rings. The maximum atomic E-state index is 5.24. The summed E-state index contributed by atoms with van der Waals surface area (Å²) in [5, 5.41) is 7.23. The van der Waals surface area contributed by atoms with Crippen LogP contribution >= 0.6 is 0 Å². The fraction of sp³-hybridized carbons (Fsp3) is 0.0192. The lowest BCUT2D eigenvalue weighted by Gasteiger charge is -2.13. The lowest BCUT2D eigenvalue weighted by Crippen LogP contribution is -2.06. The second-order valence-corrected chi connectivity index (χ2v) is 15.0. The molecule has 0 aliphatic rings. The number of rotatable bonds is 5. The largest absolute Gasteiger partial charge is 0.309 e. The first-order chi connectivity index (χ1) is 28.7. The van der Waals surface area contributed by atoms with Gasteiger partial charge in [-0.2, -0.15) is 9.97 Å². The van der Waals surface area contributed by atoms with Crippen molar-refractivity contribution in [3.8, 4) is 40.1 Å². The minimum atomic E-state index is 0.580. The highest BCUT2D eigenvalue weighted by molar-refractivity contribution is 6.12. The van der Waals surface area contributed by atoms with Gasteiger partial charge >= 0.3 is 0 Å². The summed E-state index contributed by atoms with van der Waals surface area (Å²) >= 11 is 0. The zero-order valence-electron chi connectivity index (χ0n) is 31.6. The molecule has 0 spiro atoms. The Morgan fingerprint density at radius 1 is 0.310 bits per heavy atom. The Labute approximate surface area is 333 Å². The molecule has 4 heterocycles. The zero-order valence-corrected chi connectivity index (χ0v) is 31.6. The van der Waals surface area contributed by atoms with E-state index in [2.05, 4.69) is 190 Å². The Morgan fingerprint density at radius 2 is 0.759 bits per heavy atom. The number of aromatic nitrogens is 6. The van der Waals surface area contributed by atoms with Crippen LogP contribution in [0.1, 0.15) is 5.56 Å². The highest BCUT2D eigenvalue weighted by Crippen LogP contribution is 2.38. The van der Waals surface area contributed by atoms with Gasteiger partial charge in [-0.25, -0.2) is 4.98 Å². The third kappa shape index (κ3) is 4.88. The van der Waals surface area contributed by atoms with E-state index in [1.54, 1.807) is 0 Å². The molecule has 0 aliphatic heterocycles. The van der Waals surface area contributed by atoms with Crippen LogP contribution in [0, 0.1) is 6.92 Å². The van der Waals surface area contributed by atoms with Crippen LogP contribution < -0.4 is 0 Å². The van der Waals surface area contributed by atoms with Gasteiger partial charge in [0.25, 0.3) is 0 Å². The Kier molecular flexibility index (Phi) is 7.04. The number of nitrogens with zero attached hydrogens (tertiary/aromatic N) is 6. The first-order valence-electron chi connectivity index (χ1n) is 19.6. The van der Waals surface area contributed by atoms with Gasteiger partial charge in [0, 0.05) is 54.8 Å². The van der Waals surface area contributed by atoms with Crippen LogP contribution in [0.15, 0.2) is 188 Å². The molecule has 6 heteroatoms. The average molecular weight is 743 g/mol. The molecule has 0 unspecified atom stereocenters. The molecule has 12 rings (SSSR count). The number of benzene rings is 8. The molecule has 8 aromatic carbocycles. The van der Waals surface area contributed by atoms with Crippen molar-refractivity contribution in [2.45, 2.75) is 6.92 Å². The molecule has 0 atom stereocenters. The second kappa shape index (κ2) is 12.6. The number of aryl methyl sites for hydroxylation is 1. The van der Waals surface area contributed by atoms with E-state index >= 15 is 0 Å². The fourth-order valence-electron chi connectivity index (χ4n) is 8.98. The summed E-state index contributed by atoms with van der Waals surface area (Å²) in [6.07, 6.45) is 0. The van der Waals surface area contributed by atoms with Crippen LogP contribution in [-0.4, -0.2) is 28.7 Å². The van der Waals surface area contributed by atoms with E-state index in [9.17, 15) is 0 Å². The third-order valence-electron chi connectivity index (χ3n) is 11.5. The van der Waals surface area contributed by atoms with Crippen LogP contribution in [0.2, 0.25) is 0 Å². The van der Waals surface area contributed by atoms with Gasteiger partial charge < -0.3 is 9.13 Å². The minimum absolute atomic E-state index is 0.580. The number of para-hydroxylation sites is 4. The Morgan fingerprint density at radius 3 is 1.38 bits per heavy atom. The first-order valence-corrected chi connectivity index (χ1v) is 19.6. The van der Waals surface area contributed by atoms with Crippen molar-refractivity contribution >= 4 is 65.4 Å². The fourth-order valence-corrected chi connectivity index (χ4v) is 8.98. The maximum absolute atomic E-state index is 5.24. The molecule has 6 nitrogen and oxygen atoms in total. The molecule has 0 saturated heterocycles. The first kappa shape index (κ1) is 32.4. The van der Waals surface area contributed by atoms with E-state index in [0.29, 0.717) is 17.6 Å². The summed E-state index contributed by atoms with van der Waals surface area (Å²) in [5.41, 5.74) is 12.0. The maximum Gasteiger partial charge on any atom is 0.238 e. The van der Waals surface area contributed by atoms with Crippen molar-refractivity contribution in [2.75, 3.05) is 0 Å². The monoisotopic (exact) mass is 742 g/mol. The topological polar surface area (TPSA) is 53.5 Å². The number of hydrogen-bond acceptors (Lipinski definition) is 3. The van der Waals surface area contributed by atoms with E-state index < -0.39 is 0 Å². The van der Waals surface area contributed by atoms with Crippen molar-refractivity contribution in [3.05, 3.63) is 194 Å². The standard InChI is InChI=1S/C52H34N6/c1-33-26-28-48-42(30-33)40-20-7-9-22-44(40)57(48)37-27-29-49-43(32-37)41-21-8-10-23-45(41)56(49)36-17-13-16-35(31-36)51-53-50(34-14-3-2-4-15-34)54-52(55-51)58-46-24-11-5-18-38(46)39-19-6-12-25-47(39)58/h2-32H,1H3. The van der Waals surface area contributed by atoms with Gasteiger partial charge in [-0.3, -0.25) is 4.57 Å². The lowest BCUT2D eigenvalue weighted by molar-refractivity contribution is 0.953. The van der Waals surface area contributed by atoms with E-state index in [-0.39, 0.29) is 0 Å². The molecule has 0 saturated carbocycles. The van der Waals surface area contributed by atoms with E-state index in [0.717, 1.165) is 55.3 Å². The second-order valence-electron chi connectivity index (χ2n) is 15.0. The van der Waals surface area contributed by atoms with Crippen LogP contribution in [0.5, 0.6) is 0 Å². The van der Waals surface area contributed by atoms with Crippen molar-refractivity contribution in [2.24, 2.45) is 0 Å². The Balaban J connectivity index is 1.05. The summed E-state index contributed by atoms with van der Waals surface area (Å²) in [7, 11) is 0. The van der Waals surface area contributed by atoms with Crippen molar-refractivity contribution in [1.82, 2.24) is 28.7 Å². The predicted octanol–water partition coefficient (Wildman–Crippen LogP) is 12.8. The van der Waals surface area contributed by atoms with Crippen LogP contribution in [0.4, 0.5) is 0 Å². The Bertz CT molecular complexity index is 3540. The van der Waals surface area contributed by atoms with Gasteiger partial charge in [-0.15, -0.1) is 0 Å². The molecule has 58 heavy (non-hydrogen) atoms. The van der Waals surface area contributed by atoms with Crippen LogP contribution in [0.25, 0.3) is 106 Å². The summed E-state index contributed by atoms with van der Waals surface area (Å²) in [4.78, 5) is 15.5. The van der Waals surface area contributed by atoms with Gasteiger partial charge in [0.15, 0.2) is 11.6 Å². The quantitative estimate of drug-likeness (QED) is 0.176. The SMILES string of the molecule is Cc1ccc2c(c1)c1ccccc1n2-c1ccc2c(c1)c1ccccc1n2-c1cccc(-c2nc(-c3ccccc3)nc(-n3c4ccccc4c4ccccc43)n2)c1. The molecule has 0 amide bonds. The molecular weight excluding hydrogens is 709 g/mol. The lowest BCUT2D eigenvalue weighted by atomic mass is 10.1. The highest BCUT2D eigenvalue weighted by atomic mass is 15.2. The Hall–Kier alpha value is -7.83. The normalized spacial score (nSPS) is 11.9. The van der Waals surface area contributed by atoms with Gasteiger partial charge in [0.05, 0.1) is 33.1 Å². The highest BCUT2D eigenvalue weighted by Gasteiger charge is 2.20. The molecule has 0 fully saturated rings. The predicted molar refractivity (Wildman–Crippen MR) is 238 cm³/mol. The van der Waals surface area contributed by atoms with E-state index in [4.69, 9.17) is 15.0 Å². The molecule has 0 aliphatic carbocycles. The zero-order chi connectivity index (χ0) is 38.3. The number of fused-ring (bicyclic) bond motifs is 9. The minimum Gasteiger partial charge on any atom is -0.309 e. The summed E-state index contributed by atoms with van der Waals surface area (Å²) < 4.78 is 6.92. The van der Waals surface area contributed by atoms with Gasteiger partial charge in [0.2, 0.25) is 5.95 Å². The van der Waals surface area contributed by atoms with Gasteiger partial charge in [0.1, 0.15) is 0 Å². The molecular formula is C52H34N6. The molecule has 0 N–H and O–H groups in total. The molecule has 0 radical (unpaired) electrons. The summed E-state index contributed by atoms with van der Waals surface area (Å²) in [6.45, 7) is 2.16. The van der Waals surface area contributed by atoms with Crippen molar-refractivity contribution in [3.63, 3.8) is 0 Å². The van der Waals surface area contributed by atoms with Crippen molar-refractivity contribution in [1.29, 1.82) is 0 Å². The summed E-state index contributed by atoms with van der Waals surface area (Å²) in [6, 6.07) is 66.7. The molecule has 0 bridgehead atoms. The van der Waals surface area contributed by atoms with E-state index in [1.165, 1.54) is 38.1 Å². The molecule has 4 aromatic heterocycles. The molecule has 272 valence electrons. The van der Waals surface area contributed by atoms with Crippen molar-refractivity contribution < 1.29 is 0 Å². The summed E-state index contributed by atoms with van der Waals surface area (Å²) in [5.74, 6) is 1.81. The van der Waals surface area contributed by atoms with E-state index in [1.807, 2.05) is 18.2 Å². The average Bonchev–Trinajstić information content (AvgIpc) is 3.92. The van der Waals surface area contributed by atoms with Crippen LogP contribution in [-0.2, 0) is 0 Å². The van der Waals surface area contributed by atoms with Gasteiger partial charge in [-0.05, 0) is 73.7 Å². The third-order valence-corrected chi connectivity index (χ3v) is 11.5.